The number of benzene rings is 1. The molecule has 0 aliphatic heterocycles. The van der Waals surface area contributed by atoms with E-state index < -0.39 is 5.24 Å². The molecule has 1 aromatic carbocycles. The molecule has 16 heavy (non-hydrogen) atoms. The SMILES string of the molecule is CCCOc1c(C)cc(C(=O)Cl)c(C)c1C. The van der Waals surface area contributed by atoms with E-state index in [1.165, 1.54) is 0 Å². The van der Waals surface area contributed by atoms with Gasteiger partial charge in [-0.25, -0.2) is 0 Å². The summed E-state index contributed by atoms with van der Waals surface area (Å²) in [7, 11) is 0. The Balaban J connectivity index is 3.23. The van der Waals surface area contributed by atoms with Crippen LogP contribution in [0.3, 0.4) is 0 Å². The molecule has 0 unspecified atom stereocenters. The molecule has 0 saturated heterocycles. The van der Waals surface area contributed by atoms with Crippen molar-refractivity contribution in [3.8, 4) is 5.75 Å². The van der Waals surface area contributed by atoms with Crippen molar-refractivity contribution in [1.82, 2.24) is 0 Å². The van der Waals surface area contributed by atoms with Gasteiger partial charge in [0, 0.05) is 5.56 Å². The third kappa shape index (κ3) is 2.56. The summed E-state index contributed by atoms with van der Waals surface area (Å²) in [5.41, 5.74) is 3.43. The van der Waals surface area contributed by atoms with Crippen LogP contribution in [0, 0.1) is 20.8 Å². The number of hydrogen-bond acceptors (Lipinski definition) is 2. The molecule has 1 rings (SSSR count). The molecule has 0 atom stereocenters. The number of halogens is 1. The third-order valence-electron chi connectivity index (χ3n) is 2.69. The molecular weight excluding hydrogens is 224 g/mol. The van der Waals surface area contributed by atoms with Gasteiger partial charge >= 0.3 is 0 Å². The maximum Gasteiger partial charge on any atom is 0.252 e. The van der Waals surface area contributed by atoms with E-state index in [2.05, 4.69) is 6.92 Å². The number of rotatable bonds is 4. The number of hydrogen-bond donors (Lipinski definition) is 0. The van der Waals surface area contributed by atoms with Crippen molar-refractivity contribution in [2.24, 2.45) is 0 Å². The largest absolute Gasteiger partial charge is 0.493 e. The fourth-order valence-corrected chi connectivity index (χ4v) is 1.89. The van der Waals surface area contributed by atoms with Gasteiger partial charge in [-0.15, -0.1) is 0 Å². The van der Waals surface area contributed by atoms with Crippen LogP contribution in [0.15, 0.2) is 6.07 Å². The summed E-state index contributed by atoms with van der Waals surface area (Å²) in [6, 6.07) is 1.79. The molecule has 0 aliphatic rings. The Kier molecular flexibility index (Phi) is 4.36. The van der Waals surface area contributed by atoms with Gasteiger partial charge in [-0.05, 0) is 61.5 Å². The molecule has 3 heteroatoms. The van der Waals surface area contributed by atoms with Crippen LogP contribution >= 0.6 is 11.6 Å². The zero-order valence-electron chi connectivity index (χ0n) is 10.2. The standard InChI is InChI=1S/C13H17ClO2/c1-5-6-16-12-8(2)7-11(13(14)15)9(3)10(12)4/h7H,5-6H2,1-4H3. The molecule has 0 amide bonds. The molecule has 0 N–H and O–H groups in total. The monoisotopic (exact) mass is 240 g/mol. The maximum atomic E-state index is 11.2. The molecule has 0 spiro atoms. The second kappa shape index (κ2) is 5.35. The first-order valence-corrected chi connectivity index (χ1v) is 5.80. The van der Waals surface area contributed by atoms with E-state index in [9.17, 15) is 4.79 Å². The Morgan fingerprint density at radius 2 is 1.94 bits per heavy atom. The van der Waals surface area contributed by atoms with Crippen molar-refractivity contribution in [2.75, 3.05) is 6.61 Å². The van der Waals surface area contributed by atoms with Gasteiger partial charge < -0.3 is 4.74 Å². The van der Waals surface area contributed by atoms with Gasteiger partial charge in [0.15, 0.2) is 0 Å². The molecule has 0 saturated carbocycles. The van der Waals surface area contributed by atoms with Gasteiger partial charge in [0.05, 0.1) is 6.61 Å². The van der Waals surface area contributed by atoms with Crippen LogP contribution in [0.1, 0.15) is 40.4 Å². The van der Waals surface area contributed by atoms with Crippen LogP contribution < -0.4 is 4.74 Å². The van der Waals surface area contributed by atoms with Crippen molar-refractivity contribution in [2.45, 2.75) is 34.1 Å². The summed E-state index contributed by atoms with van der Waals surface area (Å²) in [6.45, 7) is 8.53. The van der Waals surface area contributed by atoms with E-state index in [-0.39, 0.29) is 0 Å². The Bertz CT molecular complexity index is 411. The van der Waals surface area contributed by atoms with Crippen molar-refractivity contribution in [3.05, 3.63) is 28.3 Å². The van der Waals surface area contributed by atoms with Crippen LogP contribution in [0.5, 0.6) is 5.75 Å². The van der Waals surface area contributed by atoms with E-state index in [0.717, 1.165) is 28.9 Å². The highest BCUT2D eigenvalue weighted by Gasteiger charge is 2.14. The topological polar surface area (TPSA) is 26.3 Å². The quantitative estimate of drug-likeness (QED) is 0.749. The Labute approximate surface area is 102 Å². The van der Waals surface area contributed by atoms with Gasteiger partial charge in [-0.2, -0.15) is 0 Å². The second-order valence-electron chi connectivity index (χ2n) is 3.94. The minimum absolute atomic E-state index is 0.411. The molecular formula is C13H17ClO2. The number of carbonyl (C=O) groups excluding carboxylic acids is 1. The molecule has 0 radical (unpaired) electrons. The second-order valence-corrected chi connectivity index (χ2v) is 4.29. The number of carbonyl (C=O) groups is 1. The lowest BCUT2D eigenvalue weighted by molar-refractivity contribution is 0.108. The zero-order chi connectivity index (χ0) is 12.3. The lowest BCUT2D eigenvalue weighted by Gasteiger charge is -2.15. The molecule has 0 bridgehead atoms. The summed E-state index contributed by atoms with van der Waals surface area (Å²) in [4.78, 5) is 11.2. The van der Waals surface area contributed by atoms with Crippen LogP contribution in [0.25, 0.3) is 0 Å². The first-order valence-electron chi connectivity index (χ1n) is 5.42. The van der Waals surface area contributed by atoms with Crippen molar-refractivity contribution in [1.29, 1.82) is 0 Å². The lowest BCUT2D eigenvalue weighted by Crippen LogP contribution is -2.04. The van der Waals surface area contributed by atoms with Crippen LogP contribution in [0.2, 0.25) is 0 Å². The lowest BCUT2D eigenvalue weighted by atomic mass is 9.99. The van der Waals surface area contributed by atoms with Crippen LogP contribution in [-0.4, -0.2) is 11.8 Å². The molecule has 0 aromatic heterocycles. The first-order chi connectivity index (χ1) is 7.49. The predicted octanol–water partition coefficient (Wildman–Crippen LogP) is 3.78. The van der Waals surface area contributed by atoms with Crippen LogP contribution in [0.4, 0.5) is 0 Å². The Morgan fingerprint density at radius 3 is 2.44 bits per heavy atom. The van der Waals surface area contributed by atoms with Crippen LogP contribution in [-0.2, 0) is 0 Å². The average Bonchev–Trinajstić information content (AvgIpc) is 2.23. The molecule has 0 aliphatic carbocycles. The maximum absolute atomic E-state index is 11.2. The van der Waals surface area contributed by atoms with Crippen molar-refractivity contribution in [3.63, 3.8) is 0 Å². The van der Waals surface area contributed by atoms with Gasteiger partial charge in [0.1, 0.15) is 5.75 Å². The minimum Gasteiger partial charge on any atom is -0.493 e. The molecule has 2 nitrogen and oxygen atoms in total. The minimum atomic E-state index is -0.411. The van der Waals surface area contributed by atoms with Gasteiger partial charge in [0.2, 0.25) is 0 Å². The smallest absolute Gasteiger partial charge is 0.252 e. The summed E-state index contributed by atoms with van der Waals surface area (Å²) in [5, 5.41) is -0.411. The zero-order valence-corrected chi connectivity index (χ0v) is 10.9. The Morgan fingerprint density at radius 1 is 1.31 bits per heavy atom. The van der Waals surface area contributed by atoms with E-state index in [1.807, 2.05) is 20.8 Å². The highest BCUT2D eigenvalue weighted by molar-refractivity contribution is 6.68. The summed E-state index contributed by atoms with van der Waals surface area (Å²) < 4.78 is 5.68. The van der Waals surface area contributed by atoms with Crippen molar-refractivity contribution >= 4 is 16.8 Å². The van der Waals surface area contributed by atoms with Crippen molar-refractivity contribution < 1.29 is 9.53 Å². The van der Waals surface area contributed by atoms with Gasteiger partial charge in [-0.1, -0.05) is 6.92 Å². The summed E-state index contributed by atoms with van der Waals surface area (Å²) in [5.74, 6) is 0.876. The summed E-state index contributed by atoms with van der Waals surface area (Å²) >= 11 is 5.53. The van der Waals surface area contributed by atoms with E-state index >= 15 is 0 Å². The predicted molar refractivity (Wildman–Crippen MR) is 66.6 cm³/mol. The summed E-state index contributed by atoms with van der Waals surface area (Å²) in [6.07, 6.45) is 0.966. The fraction of sp³-hybridized carbons (Fsp3) is 0.462. The number of aryl methyl sites for hydroxylation is 1. The molecule has 0 fully saturated rings. The highest BCUT2D eigenvalue weighted by Crippen LogP contribution is 2.29. The first kappa shape index (κ1) is 13.0. The normalized spacial score (nSPS) is 10.3. The van der Waals surface area contributed by atoms with Gasteiger partial charge in [-0.3, -0.25) is 4.79 Å². The van der Waals surface area contributed by atoms with Gasteiger partial charge in [0.25, 0.3) is 5.24 Å². The molecule has 88 valence electrons. The van der Waals surface area contributed by atoms with E-state index in [0.29, 0.717) is 12.2 Å². The highest BCUT2D eigenvalue weighted by atomic mass is 35.5. The average molecular weight is 241 g/mol. The van der Waals surface area contributed by atoms with E-state index in [4.69, 9.17) is 16.3 Å². The fourth-order valence-electron chi connectivity index (χ4n) is 1.69. The molecule has 0 heterocycles. The Hall–Kier alpha value is -1.02. The third-order valence-corrected chi connectivity index (χ3v) is 2.89. The van der Waals surface area contributed by atoms with E-state index in [1.54, 1.807) is 6.07 Å². The molecule has 1 aromatic rings. The number of ether oxygens (including phenoxy) is 1.